The molecule has 15 heavy (non-hydrogen) atoms. The van der Waals surface area contributed by atoms with Crippen LogP contribution in [0.5, 0.6) is 0 Å². The lowest BCUT2D eigenvalue weighted by Crippen LogP contribution is -2.36. The average Bonchev–Trinajstić information content (AvgIpc) is 2.26. The molecule has 1 aromatic heterocycles. The van der Waals surface area contributed by atoms with Crippen molar-refractivity contribution in [1.29, 1.82) is 0 Å². The summed E-state index contributed by atoms with van der Waals surface area (Å²) >= 11 is 0. The molecule has 0 aliphatic rings. The summed E-state index contributed by atoms with van der Waals surface area (Å²) in [7, 11) is 1.59. The Kier molecular flexibility index (Phi) is 3.84. The van der Waals surface area contributed by atoms with Crippen molar-refractivity contribution in [2.24, 2.45) is 0 Å². The van der Waals surface area contributed by atoms with Crippen LogP contribution in [0, 0.1) is 0 Å². The van der Waals surface area contributed by atoms with E-state index in [1.165, 1.54) is 6.20 Å². The van der Waals surface area contributed by atoms with Gasteiger partial charge in [0.05, 0.1) is 6.54 Å². The van der Waals surface area contributed by atoms with E-state index in [2.05, 4.69) is 15.3 Å². The van der Waals surface area contributed by atoms with Crippen molar-refractivity contribution in [3.05, 3.63) is 12.4 Å². The molecule has 0 aliphatic heterocycles. The van der Waals surface area contributed by atoms with Gasteiger partial charge in [0, 0.05) is 26.0 Å². The van der Waals surface area contributed by atoms with Gasteiger partial charge in [0.25, 0.3) is 0 Å². The lowest BCUT2D eigenvalue weighted by Gasteiger charge is -2.21. The summed E-state index contributed by atoms with van der Waals surface area (Å²) in [6.45, 7) is 2.81. The number of nitrogens with one attached hydrogen (secondary N) is 1. The number of hydrogen-bond acceptors (Lipinski definition) is 5. The zero-order valence-electron chi connectivity index (χ0n) is 8.90. The van der Waals surface area contributed by atoms with Crippen LogP contribution in [-0.4, -0.2) is 36.0 Å². The topological polar surface area (TPSA) is 84.1 Å². The van der Waals surface area contributed by atoms with Gasteiger partial charge in [-0.25, -0.2) is 9.97 Å². The summed E-state index contributed by atoms with van der Waals surface area (Å²) in [6, 6.07) is 0. The second-order valence-electron chi connectivity index (χ2n) is 2.95. The van der Waals surface area contributed by atoms with Gasteiger partial charge in [-0.2, -0.15) is 0 Å². The maximum Gasteiger partial charge on any atom is 0.239 e. The fourth-order valence-corrected chi connectivity index (χ4v) is 1.17. The fraction of sp³-hybridized carbons (Fsp3) is 0.444. The molecule has 1 rings (SSSR count). The molecule has 1 amide bonds. The predicted octanol–water partition coefficient (Wildman–Crippen LogP) is -0.369. The highest BCUT2D eigenvalue weighted by atomic mass is 16.1. The number of nitrogen functional groups attached to an aromatic ring is 1. The highest BCUT2D eigenvalue weighted by molar-refractivity contribution is 5.81. The van der Waals surface area contributed by atoms with Crippen LogP contribution < -0.4 is 16.0 Å². The van der Waals surface area contributed by atoms with Crippen LogP contribution in [0.25, 0.3) is 0 Å². The molecule has 6 heteroatoms. The molecule has 0 saturated heterocycles. The van der Waals surface area contributed by atoms with Crippen LogP contribution in [0.2, 0.25) is 0 Å². The van der Waals surface area contributed by atoms with Crippen LogP contribution in [0.3, 0.4) is 0 Å². The molecule has 3 N–H and O–H groups in total. The van der Waals surface area contributed by atoms with Crippen LogP contribution in [-0.2, 0) is 4.79 Å². The smallest absolute Gasteiger partial charge is 0.239 e. The molecule has 0 saturated carbocycles. The summed E-state index contributed by atoms with van der Waals surface area (Å²) in [5.41, 5.74) is 5.67. The van der Waals surface area contributed by atoms with Crippen molar-refractivity contribution < 1.29 is 4.79 Å². The number of nitrogens with two attached hydrogens (primary N) is 1. The monoisotopic (exact) mass is 209 g/mol. The zero-order chi connectivity index (χ0) is 11.3. The highest BCUT2D eigenvalue weighted by Gasteiger charge is 2.12. The van der Waals surface area contributed by atoms with Crippen LogP contribution in [0.1, 0.15) is 6.92 Å². The molecule has 1 aromatic rings. The molecule has 6 nitrogen and oxygen atoms in total. The minimum atomic E-state index is -0.0816. The second kappa shape index (κ2) is 5.14. The lowest BCUT2D eigenvalue weighted by atomic mass is 10.4. The van der Waals surface area contributed by atoms with E-state index in [0.29, 0.717) is 18.2 Å². The Morgan fingerprint density at radius 1 is 1.53 bits per heavy atom. The van der Waals surface area contributed by atoms with E-state index >= 15 is 0 Å². The standard InChI is InChI=1S/C9H15N5O/c1-3-14(6-7(15)11-2)9-8(10)12-4-5-13-9/h4-5H,3,6H2,1-2H3,(H2,10,12)(H,11,15). The van der Waals surface area contributed by atoms with Crippen LogP contribution in [0.4, 0.5) is 11.6 Å². The van der Waals surface area contributed by atoms with Gasteiger partial charge in [-0.05, 0) is 6.92 Å². The zero-order valence-corrected chi connectivity index (χ0v) is 8.90. The average molecular weight is 209 g/mol. The third kappa shape index (κ3) is 2.80. The van der Waals surface area contributed by atoms with Gasteiger partial charge in [0.2, 0.25) is 5.91 Å². The largest absolute Gasteiger partial charge is 0.381 e. The molecule has 0 spiro atoms. The minimum absolute atomic E-state index is 0.0816. The summed E-state index contributed by atoms with van der Waals surface area (Å²) in [6.07, 6.45) is 3.07. The van der Waals surface area contributed by atoms with E-state index in [4.69, 9.17) is 5.73 Å². The number of likely N-dealkylation sites (N-methyl/N-ethyl adjacent to an activating group) is 2. The number of rotatable bonds is 4. The Morgan fingerprint density at radius 3 is 2.73 bits per heavy atom. The summed E-state index contributed by atoms with van der Waals surface area (Å²) in [4.78, 5) is 21.0. The molecule has 0 fully saturated rings. The second-order valence-corrected chi connectivity index (χ2v) is 2.95. The van der Waals surface area contributed by atoms with Gasteiger partial charge in [-0.15, -0.1) is 0 Å². The molecule has 0 atom stereocenters. The van der Waals surface area contributed by atoms with Gasteiger partial charge in [0.1, 0.15) is 0 Å². The number of anilines is 2. The number of carbonyl (C=O) groups is 1. The molecular weight excluding hydrogens is 194 g/mol. The molecule has 0 aliphatic carbocycles. The van der Waals surface area contributed by atoms with E-state index in [0.717, 1.165) is 0 Å². The third-order valence-electron chi connectivity index (χ3n) is 2.00. The van der Waals surface area contributed by atoms with E-state index < -0.39 is 0 Å². The first-order chi connectivity index (χ1) is 7.19. The first-order valence-electron chi connectivity index (χ1n) is 4.71. The SMILES string of the molecule is CCN(CC(=O)NC)c1nccnc1N. The third-order valence-corrected chi connectivity index (χ3v) is 2.00. The van der Waals surface area contributed by atoms with Crippen molar-refractivity contribution in [2.75, 3.05) is 30.8 Å². The fourth-order valence-electron chi connectivity index (χ4n) is 1.17. The highest BCUT2D eigenvalue weighted by Crippen LogP contribution is 2.15. The Bertz CT molecular complexity index is 341. The van der Waals surface area contributed by atoms with Gasteiger partial charge >= 0.3 is 0 Å². The quantitative estimate of drug-likeness (QED) is 0.707. The van der Waals surface area contributed by atoms with Crippen molar-refractivity contribution in [3.63, 3.8) is 0 Å². The lowest BCUT2D eigenvalue weighted by molar-refractivity contribution is -0.119. The number of carbonyl (C=O) groups excluding carboxylic acids is 1. The Hall–Kier alpha value is -1.85. The first-order valence-corrected chi connectivity index (χ1v) is 4.71. The van der Waals surface area contributed by atoms with Crippen molar-refractivity contribution in [2.45, 2.75) is 6.92 Å². The molecule has 0 unspecified atom stereocenters. The Labute approximate surface area is 88.5 Å². The number of nitrogens with zero attached hydrogens (tertiary/aromatic N) is 3. The van der Waals surface area contributed by atoms with Crippen LogP contribution in [0.15, 0.2) is 12.4 Å². The number of aromatic nitrogens is 2. The summed E-state index contributed by atoms with van der Waals surface area (Å²) in [5.74, 6) is 0.800. The number of amides is 1. The summed E-state index contributed by atoms with van der Waals surface area (Å²) in [5, 5.41) is 2.55. The van der Waals surface area contributed by atoms with Gasteiger partial charge < -0.3 is 16.0 Å². The van der Waals surface area contributed by atoms with E-state index in [9.17, 15) is 4.79 Å². The predicted molar refractivity (Wildman–Crippen MR) is 58.4 cm³/mol. The Morgan fingerprint density at radius 2 is 2.20 bits per heavy atom. The van der Waals surface area contributed by atoms with Gasteiger partial charge in [0.15, 0.2) is 11.6 Å². The minimum Gasteiger partial charge on any atom is -0.381 e. The summed E-state index contributed by atoms with van der Waals surface area (Å²) < 4.78 is 0. The first kappa shape index (κ1) is 11.2. The van der Waals surface area contributed by atoms with Crippen LogP contribution >= 0.6 is 0 Å². The van der Waals surface area contributed by atoms with Gasteiger partial charge in [-0.3, -0.25) is 4.79 Å². The van der Waals surface area contributed by atoms with Gasteiger partial charge in [-0.1, -0.05) is 0 Å². The molecule has 82 valence electrons. The molecule has 0 bridgehead atoms. The maximum absolute atomic E-state index is 11.2. The molecule has 0 radical (unpaired) electrons. The normalized spacial score (nSPS) is 9.73. The van der Waals surface area contributed by atoms with E-state index in [1.807, 2.05) is 6.92 Å². The Balaban J connectivity index is 2.83. The van der Waals surface area contributed by atoms with E-state index in [-0.39, 0.29) is 12.5 Å². The molecular formula is C9H15N5O. The molecule has 0 aromatic carbocycles. The van der Waals surface area contributed by atoms with Crippen molar-refractivity contribution in [3.8, 4) is 0 Å². The van der Waals surface area contributed by atoms with E-state index in [1.54, 1.807) is 18.1 Å². The van der Waals surface area contributed by atoms with Crippen molar-refractivity contribution >= 4 is 17.5 Å². The molecule has 1 heterocycles. The maximum atomic E-state index is 11.2. The van der Waals surface area contributed by atoms with Crippen molar-refractivity contribution in [1.82, 2.24) is 15.3 Å². The number of hydrogen-bond donors (Lipinski definition) is 2.